The third-order valence-corrected chi connectivity index (χ3v) is 4.13. The van der Waals surface area contributed by atoms with Crippen molar-refractivity contribution in [2.75, 3.05) is 30.1 Å². The number of nitrogens with two attached hydrogens (primary N) is 1. The first-order valence-corrected chi connectivity index (χ1v) is 13.9. The number of aldehydes is 1. The van der Waals surface area contributed by atoms with Gasteiger partial charge in [-0.3, -0.25) is 0 Å². The Morgan fingerprint density at radius 3 is 1.27 bits per heavy atom. The van der Waals surface area contributed by atoms with Crippen LogP contribution in [-0.2, 0) is 31.2 Å². The van der Waals surface area contributed by atoms with E-state index in [4.69, 9.17) is 26.2 Å². The molecule has 0 unspecified atom stereocenters. The Morgan fingerprint density at radius 2 is 1.03 bits per heavy atom. The third-order valence-electron chi connectivity index (χ3n) is 3.87. The van der Waals surface area contributed by atoms with Gasteiger partial charge in [0.1, 0.15) is 6.29 Å². The number of rotatable bonds is 8. The Hall–Kier alpha value is -1.05. The second-order valence-electron chi connectivity index (χ2n) is 8.69. The van der Waals surface area contributed by atoms with Crippen molar-refractivity contribution in [1.29, 1.82) is 0 Å². The summed E-state index contributed by atoms with van der Waals surface area (Å²) in [5.74, 6) is 0. The number of aliphatic hydroxyl groups excluding tert-OH is 4. The average molecular weight is 595 g/mol. The number of carbonyl (C=O) groups excluding carboxylic acids is 1. The Kier molecular flexibility index (Phi) is 25.0. The van der Waals surface area contributed by atoms with E-state index in [0.29, 0.717) is 5.69 Å². The van der Waals surface area contributed by atoms with Gasteiger partial charge in [-0.1, -0.05) is 12.1 Å². The number of carbonyl (C=O) groups is 1. The van der Waals surface area contributed by atoms with Crippen molar-refractivity contribution in [2.45, 2.75) is 63.6 Å². The van der Waals surface area contributed by atoms with Gasteiger partial charge in [0, 0.05) is 22.7 Å². The molecule has 0 saturated heterocycles. The molecular formula is C26H46N2O5S4. The summed E-state index contributed by atoms with van der Waals surface area (Å²) >= 11 is 15.4. The zero-order valence-corrected chi connectivity index (χ0v) is 26.2. The minimum Gasteiger partial charge on any atom is -0.399 e. The zero-order chi connectivity index (χ0) is 29.7. The first-order chi connectivity index (χ1) is 17.3. The van der Waals surface area contributed by atoms with Crippen molar-refractivity contribution in [1.82, 2.24) is 0 Å². The number of thiol groups is 4. The predicted octanol–water partition coefficient (Wildman–Crippen LogP) is 4.03. The highest BCUT2D eigenvalue weighted by molar-refractivity contribution is 7.82. The summed E-state index contributed by atoms with van der Waals surface area (Å²) in [6.07, 6.45) is 4.19. The molecule has 11 heteroatoms. The molecule has 0 spiro atoms. The van der Waals surface area contributed by atoms with Gasteiger partial charge in [0.15, 0.2) is 0 Å². The summed E-state index contributed by atoms with van der Waals surface area (Å²) in [6.45, 7) is 8.11. The molecule has 7 nitrogen and oxygen atoms in total. The second-order valence-corrected chi connectivity index (χ2v) is 11.1. The van der Waals surface area contributed by atoms with Gasteiger partial charge in [-0.15, -0.1) is 0 Å². The van der Waals surface area contributed by atoms with E-state index in [1.807, 2.05) is 26.0 Å². The van der Waals surface area contributed by atoms with Gasteiger partial charge < -0.3 is 36.3 Å². The lowest BCUT2D eigenvalue weighted by Crippen LogP contribution is -2.23. The standard InChI is InChI=1S/C12H19NO2S.C8H11NO2.C4H8OS.2CH4S/c1-12(2,16)8-13-11-4-9(6-14)3-10(5-11)7-15;9-8-2-6(4-10)1-7(3-8)5-11;1-4(2,6)3-5;2*1-2/h3-5,13-16H,6-8H2,1-2H3;1-3,10-11H,4-5,9H2;3,6H,1-2H3;2*2H,1H3. The van der Waals surface area contributed by atoms with Gasteiger partial charge in [-0.2, -0.15) is 50.5 Å². The fraction of sp³-hybridized carbons (Fsp3) is 0.500. The summed E-state index contributed by atoms with van der Waals surface area (Å²) in [4.78, 5) is 9.75. The minimum absolute atomic E-state index is 0.0210. The second kappa shape index (κ2) is 22.9. The monoisotopic (exact) mass is 594 g/mol. The molecule has 0 bridgehead atoms. The number of hydrogen-bond donors (Lipinski definition) is 10. The molecule has 0 heterocycles. The lowest BCUT2D eigenvalue weighted by atomic mass is 10.1. The smallest absolute Gasteiger partial charge is 0.135 e. The van der Waals surface area contributed by atoms with Crippen LogP contribution < -0.4 is 11.1 Å². The summed E-state index contributed by atoms with van der Waals surface area (Å²) < 4.78 is -0.547. The van der Waals surface area contributed by atoms with Gasteiger partial charge in [-0.05, 0) is 86.7 Å². The molecule has 0 aliphatic rings. The number of nitrogens with one attached hydrogen (secondary N) is 1. The van der Waals surface area contributed by atoms with Gasteiger partial charge in [0.05, 0.1) is 31.2 Å². The number of anilines is 2. The molecule has 2 aromatic carbocycles. The fourth-order valence-corrected chi connectivity index (χ4v) is 2.42. The molecule has 0 radical (unpaired) electrons. The Bertz CT molecular complexity index is 813. The van der Waals surface area contributed by atoms with Gasteiger partial charge in [0.2, 0.25) is 0 Å². The van der Waals surface area contributed by atoms with Crippen LogP contribution in [-0.4, -0.2) is 55.3 Å². The van der Waals surface area contributed by atoms with E-state index >= 15 is 0 Å². The van der Waals surface area contributed by atoms with Crippen molar-refractivity contribution in [3.05, 3.63) is 58.7 Å². The van der Waals surface area contributed by atoms with Gasteiger partial charge in [-0.25, -0.2) is 0 Å². The van der Waals surface area contributed by atoms with Crippen LogP contribution in [0.15, 0.2) is 36.4 Å². The largest absolute Gasteiger partial charge is 0.399 e. The zero-order valence-electron chi connectivity index (χ0n) is 22.6. The minimum atomic E-state index is -0.444. The van der Waals surface area contributed by atoms with Crippen molar-refractivity contribution in [3.63, 3.8) is 0 Å². The van der Waals surface area contributed by atoms with Gasteiger partial charge in [0.25, 0.3) is 0 Å². The molecule has 37 heavy (non-hydrogen) atoms. The van der Waals surface area contributed by atoms with E-state index in [-0.39, 0.29) is 31.2 Å². The normalized spacial score (nSPS) is 10.1. The van der Waals surface area contributed by atoms with Crippen LogP contribution in [0.25, 0.3) is 0 Å². The molecule has 0 saturated carbocycles. The van der Waals surface area contributed by atoms with E-state index in [1.165, 1.54) is 0 Å². The van der Waals surface area contributed by atoms with E-state index in [9.17, 15) is 4.79 Å². The maximum absolute atomic E-state index is 9.75. The maximum atomic E-state index is 9.75. The SMILES string of the molecule is CC(C)(S)C=O.CC(C)(S)CNc1cc(CO)cc(CO)c1.CS.CS.Nc1cc(CO)cc(CO)c1. The first-order valence-electron chi connectivity index (χ1n) is 11.3. The van der Waals surface area contributed by atoms with Crippen LogP contribution in [0.1, 0.15) is 49.9 Å². The van der Waals surface area contributed by atoms with Crippen molar-refractivity contribution in [3.8, 4) is 0 Å². The van der Waals surface area contributed by atoms with E-state index < -0.39 is 4.75 Å². The van der Waals surface area contributed by atoms with E-state index in [2.05, 4.69) is 55.8 Å². The topological polar surface area (TPSA) is 136 Å². The molecule has 0 aromatic heterocycles. The Morgan fingerprint density at radius 1 is 0.730 bits per heavy atom. The summed E-state index contributed by atoms with van der Waals surface area (Å²) in [7, 11) is 0. The van der Waals surface area contributed by atoms with Crippen molar-refractivity contribution in [2.24, 2.45) is 0 Å². The maximum Gasteiger partial charge on any atom is 0.135 e. The van der Waals surface area contributed by atoms with Crippen LogP contribution >= 0.6 is 50.5 Å². The van der Waals surface area contributed by atoms with E-state index in [1.54, 1.807) is 50.6 Å². The molecule has 0 aliphatic heterocycles. The predicted molar refractivity (Wildman–Crippen MR) is 171 cm³/mol. The summed E-state index contributed by atoms with van der Waals surface area (Å²) in [5, 5.41) is 38.9. The first kappa shape index (κ1) is 40.4. The van der Waals surface area contributed by atoms with Crippen molar-refractivity contribution >= 4 is 68.2 Å². The van der Waals surface area contributed by atoms with Crippen LogP contribution in [0, 0.1) is 0 Å². The molecule has 0 atom stereocenters. The number of aliphatic hydroxyl groups is 4. The molecule has 7 N–H and O–H groups in total. The quantitative estimate of drug-likeness (QED) is 0.127. The average Bonchev–Trinajstić information content (AvgIpc) is 2.89. The number of hydrogen-bond acceptors (Lipinski definition) is 11. The molecular weight excluding hydrogens is 549 g/mol. The number of benzene rings is 2. The highest BCUT2D eigenvalue weighted by atomic mass is 32.1. The lowest BCUT2D eigenvalue weighted by molar-refractivity contribution is -0.109. The highest BCUT2D eigenvalue weighted by Crippen LogP contribution is 2.18. The molecule has 0 amide bonds. The van der Waals surface area contributed by atoms with E-state index in [0.717, 1.165) is 40.8 Å². The third kappa shape index (κ3) is 23.8. The van der Waals surface area contributed by atoms with Crippen LogP contribution in [0.2, 0.25) is 0 Å². The molecule has 2 rings (SSSR count). The fourth-order valence-electron chi connectivity index (χ4n) is 2.34. The lowest BCUT2D eigenvalue weighted by Gasteiger charge is -2.19. The highest BCUT2D eigenvalue weighted by Gasteiger charge is 2.11. The Labute approximate surface area is 244 Å². The summed E-state index contributed by atoms with van der Waals surface area (Å²) in [6, 6.07) is 10.6. The van der Waals surface area contributed by atoms with Crippen LogP contribution in [0.4, 0.5) is 11.4 Å². The molecule has 0 fully saturated rings. The molecule has 214 valence electrons. The van der Waals surface area contributed by atoms with Crippen molar-refractivity contribution < 1.29 is 25.2 Å². The van der Waals surface area contributed by atoms with Crippen LogP contribution in [0.3, 0.4) is 0 Å². The van der Waals surface area contributed by atoms with Gasteiger partial charge >= 0.3 is 0 Å². The molecule has 0 aliphatic carbocycles. The van der Waals surface area contributed by atoms with Crippen LogP contribution in [0.5, 0.6) is 0 Å². The summed E-state index contributed by atoms with van der Waals surface area (Å²) in [5.41, 5.74) is 10.0. The number of nitrogen functional groups attached to an aromatic ring is 1. The molecule has 2 aromatic rings. The Balaban J connectivity index is -0.000000477.